The Morgan fingerprint density at radius 2 is 2.12 bits per heavy atom. The van der Waals surface area contributed by atoms with E-state index in [0.29, 0.717) is 18.7 Å². The Hall–Kier alpha value is -0.390. The maximum absolute atomic E-state index is 12.1. The standard InChI is InChI=1S/C12H15Br2NO2/c1-15(6-3-7-17-2)12(16)10-5-4-9(13)8-11(10)14/h4-5,8H,3,6-7H2,1-2H3. The first-order chi connectivity index (χ1) is 8.06. The van der Waals surface area contributed by atoms with Crippen molar-refractivity contribution in [3.63, 3.8) is 0 Å². The lowest BCUT2D eigenvalue weighted by atomic mass is 10.2. The summed E-state index contributed by atoms with van der Waals surface area (Å²) in [6, 6.07) is 5.54. The minimum absolute atomic E-state index is 0.0143. The molecular weight excluding hydrogens is 350 g/mol. The van der Waals surface area contributed by atoms with E-state index in [2.05, 4.69) is 31.9 Å². The molecule has 1 aromatic rings. The van der Waals surface area contributed by atoms with Gasteiger partial charge in [0.25, 0.3) is 5.91 Å². The second-order valence-corrected chi connectivity index (χ2v) is 5.47. The molecule has 0 heterocycles. The number of carbonyl (C=O) groups excluding carboxylic acids is 1. The number of nitrogens with zero attached hydrogens (tertiary/aromatic N) is 1. The molecule has 0 atom stereocenters. The van der Waals surface area contributed by atoms with E-state index in [4.69, 9.17) is 4.74 Å². The van der Waals surface area contributed by atoms with Crippen LogP contribution in [0.25, 0.3) is 0 Å². The van der Waals surface area contributed by atoms with Gasteiger partial charge in [-0.15, -0.1) is 0 Å². The Morgan fingerprint density at radius 3 is 2.71 bits per heavy atom. The Morgan fingerprint density at radius 1 is 1.41 bits per heavy atom. The predicted molar refractivity (Wildman–Crippen MR) is 75.3 cm³/mol. The summed E-state index contributed by atoms with van der Waals surface area (Å²) in [5.41, 5.74) is 0.674. The van der Waals surface area contributed by atoms with E-state index in [1.807, 2.05) is 18.2 Å². The number of hydrogen-bond donors (Lipinski definition) is 0. The van der Waals surface area contributed by atoms with Crippen LogP contribution in [0.1, 0.15) is 16.8 Å². The van der Waals surface area contributed by atoms with Crippen LogP contribution in [-0.4, -0.2) is 38.1 Å². The van der Waals surface area contributed by atoms with Crippen molar-refractivity contribution in [1.29, 1.82) is 0 Å². The van der Waals surface area contributed by atoms with Crippen molar-refractivity contribution in [2.75, 3.05) is 27.3 Å². The molecule has 0 saturated heterocycles. The van der Waals surface area contributed by atoms with Crippen LogP contribution in [0.4, 0.5) is 0 Å². The summed E-state index contributed by atoms with van der Waals surface area (Å²) >= 11 is 6.76. The van der Waals surface area contributed by atoms with Gasteiger partial charge in [0.1, 0.15) is 0 Å². The maximum atomic E-state index is 12.1. The highest BCUT2D eigenvalue weighted by Crippen LogP contribution is 2.22. The first kappa shape index (κ1) is 14.7. The molecule has 17 heavy (non-hydrogen) atoms. The van der Waals surface area contributed by atoms with E-state index in [9.17, 15) is 4.79 Å². The fourth-order valence-electron chi connectivity index (χ4n) is 1.42. The molecule has 0 radical (unpaired) electrons. The fraction of sp³-hybridized carbons (Fsp3) is 0.417. The molecule has 0 unspecified atom stereocenters. The van der Waals surface area contributed by atoms with Crippen molar-refractivity contribution in [3.05, 3.63) is 32.7 Å². The monoisotopic (exact) mass is 363 g/mol. The molecule has 0 N–H and O–H groups in total. The number of amides is 1. The van der Waals surface area contributed by atoms with Crippen LogP contribution in [0.2, 0.25) is 0 Å². The van der Waals surface area contributed by atoms with Crippen LogP contribution in [0.5, 0.6) is 0 Å². The largest absolute Gasteiger partial charge is 0.385 e. The molecule has 3 nitrogen and oxygen atoms in total. The fourth-order valence-corrected chi connectivity index (χ4v) is 2.63. The number of carbonyl (C=O) groups is 1. The summed E-state index contributed by atoms with van der Waals surface area (Å²) < 4.78 is 6.71. The lowest BCUT2D eigenvalue weighted by Gasteiger charge is -2.17. The molecule has 0 spiro atoms. The van der Waals surface area contributed by atoms with Crippen LogP contribution < -0.4 is 0 Å². The van der Waals surface area contributed by atoms with Gasteiger partial charge in [0.05, 0.1) is 5.56 Å². The molecule has 1 rings (SSSR count). The van der Waals surface area contributed by atoms with Crippen LogP contribution >= 0.6 is 31.9 Å². The van der Waals surface area contributed by atoms with Gasteiger partial charge in [-0.05, 0) is 40.5 Å². The van der Waals surface area contributed by atoms with Gasteiger partial charge < -0.3 is 9.64 Å². The second kappa shape index (κ2) is 7.13. The zero-order chi connectivity index (χ0) is 12.8. The number of methoxy groups -OCH3 is 1. The summed E-state index contributed by atoms with van der Waals surface area (Å²) in [5.74, 6) is 0.0143. The van der Waals surface area contributed by atoms with Gasteiger partial charge in [-0.2, -0.15) is 0 Å². The molecule has 0 saturated carbocycles. The lowest BCUT2D eigenvalue weighted by Crippen LogP contribution is -2.28. The topological polar surface area (TPSA) is 29.5 Å². The van der Waals surface area contributed by atoms with Crippen molar-refractivity contribution in [2.45, 2.75) is 6.42 Å². The van der Waals surface area contributed by atoms with E-state index < -0.39 is 0 Å². The third kappa shape index (κ3) is 4.41. The molecule has 0 aliphatic rings. The van der Waals surface area contributed by atoms with Crippen LogP contribution in [0, 0.1) is 0 Å². The molecule has 1 amide bonds. The molecule has 5 heteroatoms. The van der Waals surface area contributed by atoms with Crippen molar-refractivity contribution < 1.29 is 9.53 Å². The molecule has 0 aromatic heterocycles. The molecule has 94 valence electrons. The van der Waals surface area contributed by atoms with E-state index in [1.54, 1.807) is 19.1 Å². The van der Waals surface area contributed by atoms with Gasteiger partial charge in [0.2, 0.25) is 0 Å². The molecule has 0 aliphatic heterocycles. The van der Waals surface area contributed by atoms with Gasteiger partial charge in [-0.25, -0.2) is 0 Å². The van der Waals surface area contributed by atoms with Gasteiger partial charge >= 0.3 is 0 Å². The van der Waals surface area contributed by atoms with Gasteiger partial charge in [-0.3, -0.25) is 4.79 Å². The normalized spacial score (nSPS) is 10.4. The first-order valence-electron chi connectivity index (χ1n) is 5.25. The molecular formula is C12H15Br2NO2. The second-order valence-electron chi connectivity index (χ2n) is 3.70. The number of rotatable bonds is 5. The minimum atomic E-state index is 0.0143. The van der Waals surface area contributed by atoms with Crippen molar-refractivity contribution in [1.82, 2.24) is 4.90 Å². The highest BCUT2D eigenvalue weighted by atomic mass is 79.9. The van der Waals surface area contributed by atoms with Gasteiger partial charge in [0, 0.05) is 36.3 Å². The summed E-state index contributed by atoms with van der Waals surface area (Å²) in [6.45, 7) is 1.36. The third-order valence-corrected chi connectivity index (χ3v) is 3.50. The minimum Gasteiger partial charge on any atom is -0.385 e. The van der Waals surface area contributed by atoms with E-state index in [-0.39, 0.29) is 5.91 Å². The zero-order valence-corrected chi connectivity index (χ0v) is 13.0. The van der Waals surface area contributed by atoms with Gasteiger partial charge in [-0.1, -0.05) is 15.9 Å². The Labute approximate surface area is 118 Å². The first-order valence-corrected chi connectivity index (χ1v) is 6.84. The molecule has 0 fully saturated rings. The number of hydrogen-bond acceptors (Lipinski definition) is 2. The predicted octanol–water partition coefficient (Wildman–Crippen LogP) is 3.32. The number of ether oxygens (including phenoxy) is 1. The van der Waals surface area contributed by atoms with Crippen LogP contribution in [0.15, 0.2) is 27.1 Å². The maximum Gasteiger partial charge on any atom is 0.254 e. The van der Waals surface area contributed by atoms with E-state index in [0.717, 1.165) is 15.4 Å². The van der Waals surface area contributed by atoms with E-state index in [1.165, 1.54) is 0 Å². The van der Waals surface area contributed by atoms with Crippen molar-refractivity contribution >= 4 is 37.8 Å². The molecule has 0 aliphatic carbocycles. The Balaban J connectivity index is 2.68. The third-order valence-electron chi connectivity index (χ3n) is 2.35. The SMILES string of the molecule is COCCCN(C)C(=O)c1ccc(Br)cc1Br. The van der Waals surface area contributed by atoms with Gasteiger partial charge in [0.15, 0.2) is 0 Å². The quantitative estimate of drug-likeness (QED) is 0.750. The summed E-state index contributed by atoms with van der Waals surface area (Å²) in [6.07, 6.45) is 0.840. The average molecular weight is 365 g/mol. The van der Waals surface area contributed by atoms with Crippen LogP contribution in [0.3, 0.4) is 0 Å². The zero-order valence-electron chi connectivity index (χ0n) is 9.87. The highest BCUT2D eigenvalue weighted by Gasteiger charge is 2.14. The smallest absolute Gasteiger partial charge is 0.254 e. The number of benzene rings is 1. The highest BCUT2D eigenvalue weighted by molar-refractivity contribution is 9.11. The summed E-state index contributed by atoms with van der Waals surface area (Å²) in [5, 5.41) is 0. The average Bonchev–Trinajstić information content (AvgIpc) is 2.28. The Bertz CT molecular complexity index is 396. The lowest BCUT2D eigenvalue weighted by molar-refractivity contribution is 0.0778. The summed E-state index contributed by atoms with van der Waals surface area (Å²) in [7, 11) is 3.46. The molecule has 0 bridgehead atoms. The summed E-state index contributed by atoms with van der Waals surface area (Å²) in [4.78, 5) is 13.8. The Kier molecular flexibility index (Phi) is 6.16. The van der Waals surface area contributed by atoms with E-state index >= 15 is 0 Å². The van der Waals surface area contributed by atoms with Crippen molar-refractivity contribution in [2.24, 2.45) is 0 Å². The molecule has 1 aromatic carbocycles. The van der Waals surface area contributed by atoms with Crippen molar-refractivity contribution in [3.8, 4) is 0 Å². The number of halogens is 2. The van der Waals surface area contributed by atoms with Crippen LogP contribution in [-0.2, 0) is 4.74 Å².